The third-order valence-electron chi connectivity index (χ3n) is 3.05. The zero-order valence-electron chi connectivity index (χ0n) is 11.8. The molecule has 5 nitrogen and oxygen atoms in total. The first-order valence-corrected chi connectivity index (χ1v) is 6.37. The van der Waals surface area contributed by atoms with Crippen LogP contribution in [-0.2, 0) is 4.74 Å². The maximum Gasteiger partial charge on any atom is 0.340 e. The van der Waals surface area contributed by atoms with Crippen molar-refractivity contribution in [3.63, 3.8) is 0 Å². The summed E-state index contributed by atoms with van der Waals surface area (Å²) in [6, 6.07) is 7.60. The molecule has 0 radical (unpaired) electrons. The first kappa shape index (κ1) is 14.8. The molecule has 0 aliphatic carbocycles. The van der Waals surface area contributed by atoms with E-state index in [9.17, 15) is 9.18 Å². The molecule has 3 N–H and O–H groups in total. The van der Waals surface area contributed by atoms with Crippen LogP contribution in [0.1, 0.15) is 28.9 Å². The quantitative estimate of drug-likeness (QED) is 0.846. The van der Waals surface area contributed by atoms with Crippen molar-refractivity contribution in [2.45, 2.75) is 13.0 Å². The molecule has 0 saturated heterocycles. The molecule has 1 aromatic heterocycles. The topological polar surface area (TPSA) is 77.2 Å². The van der Waals surface area contributed by atoms with Crippen molar-refractivity contribution in [1.82, 2.24) is 4.98 Å². The van der Waals surface area contributed by atoms with E-state index in [2.05, 4.69) is 15.0 Å². The lowest BCUT2D eigenvalue weighted by atomic mass is 10.1. The van der Waals surface area contributed by atoms with Crippen molar-refractivity contribution in [3.05, 3.63) is 53.5 Å². The van der Waals surface area contributed by atoms with Crippen molar-refractivity contribution >= 4 is 17.5 Å². The number of hydrogen-bond donors (Lipinski definition) is 2. The van der Waals surface area contributed by atoms with Gasteiger partial charge in [-0.15, -0.1) is 0 Å². The SMILES string of the molecule is COC(=O)c1cc(NC(C)c2cccc(F)c2)ncc1N. The summed E-state index contributed by atoms with van der Waals surface area (Å²) in [5.41, 5.74) is 6.94. The van der Waals surface area contributed by atoms with Crippen molar-refractivity contribution in [2.75, 3.05) is 18.2 Å². The number of nitrogens with zero attached hydrogens (tertiary/aromatic N) is 1. The molecule has 0 aliphatic rings. The first-order chi connectivity index (χ1) is 10.0. The van der Waals surface area contributed by atoms with Gasteiger partial charge in [-0.3, -0.25) is 0 Å². The number of carbonyl (C=O) groups excluding carboxylic acids is 1. The van der Waals surface area contributed by atoms with Gasteiger partial charge in [-0.1, -0.05) is 12.1 Å². The van der Waals surface area contributed by atoms with Crippen LogP contribution in [0, 0.1) is 5.82 Å². The Morgan fingerprint density at radius 2 is 2.19 bits per heavy atom. The third kappa shape index (κ3) is 3.47. The average Bonchev–Trinajstić information content (AvgIpc) is 2.48. The summed E-state index contributed by atoms with van der Waals surface area (Å²) in [6.07, 6.45) is 1.38. The van der Waals surface area contributed by atoms with Crippen molar-refractivity contribution in [2.24, 2.45) is 0 Å². The Bertz CT molecular complexity index is 661. The zero-order chi connectivity index (χ0) is 15.4. The fraction of sp³-hybridized carbons (Fsp3) is 0.200. The number of halogens is 1. The molecule has 1 heterocycles. The van der Waals surface area contributed by atoms with Crippen LogP contribution in [0.15, 0.2) is 36.5 Å². The lowest BCUT2D eigenvalue weighted by molar-refractivity contribution is 0.0602. The monoisotopic (exact) mass is 289 g/mol. The van der Waals surface area contributed by atoms with Crippen LogP contribution in [0.25, 0.3) is 0 Å². The number of nitrogens with one attached hydrogen (secondary N) is 1. The van der Waals surface area contributed by atoms with Gasteiger partial charge in [0.15, 0.2) is 0 Å². The molecule has 21 heavy (non-hydrogen) atoms. The molecule has 6 heteroatoms. The van der Waals surface area contributed by atoms with Gasteiger partial charge in [-0.2, -0.15) is 0 Å². The highest BCUT2D eigenvalue weighted by molar-refractivity contribution is 5.95. The van der Waals surface area contributed by atoms with Crippen LogP contribution in [0.3, 0.4) is 0 Å². The van der Waals surface area contributed by atoms with Crippen LogP contribution >= 0.6 is 0 Å². The van der Waals surface area contributed by atoms with E-state index < -0.39 is 5.97 Å². The van der Waals surface area contributed by atoms with Crippen molar-refractivity contribution in [3.8, 4) is 0 Å². The van der Waals surface area contributed by atoms with Crippen molar-refractivity contribution < 1.29 is 13.9 Å². The van der Waals surface area contributed by atoms with Gasteiger partial charge in [0.2, 0.25) is 0 Å². The maximum atomic E-state index is 13.2. The van der Waals surface area contributed by atoms with E-state index in [1.807, 2.05) is 6.92 Å². The molecular weight excluding hydrogens is 273 g/mol. The Balaban J connectivity index is 2.21. The summed E-state index contributed by atoms with van der Waals surface area (Å²) in [5, 5.41) is 3.09. The Kier molecular flexibility index (Phi) is 4.37. The molecule has 2 aromatic rings. The maximum absolute atomic E-state index is 13.2. The number of benzene rings is 1. The normalized spacial score (nSPS) is 11.8. The highest BCUT2D eigenvalue weighted by Gasteiger charge is 2.13. The van der Waals surface area contributed by atoms with E-state index in [4.69, 9.17) is 5.73 Å². The molecule has 0 fully saturated rings. The summed E-state index contributed by atoms with van der Waals surface area (Å²) in [6.45, 7) is 1.87. The third-order valence-corrected chi connectivity index (χ3v) is 3.05. The summed E-state index contributed by atoms with van der Waals surface area (Å²) < 4.78 is 17.9. The van der Waals surface area contributed by atoms with Crippen LogP contribution in [0.5, 0.6) is 0 Å². The van der Waals surface area contributed by atoms with E-state index in [0.717, 1.165) is 5.56 Å². The minimum atomic E-state index is -0.531. The average molecular weight is 289 g/mol. The first-order valence-electron chi connectivity index (χ1n) is 6.37. The second kappa shape index (κ2) is 6.21. The van der Waals surface area contributed by atoms with E-state index in [1.54, 1.807) is 12.1 Å². The molecule has 0 amide bonds. The predicted octanol–water partition coefficient (Wildman–Crippen LogP) is 2.76. The predicted molar refractivity (Wildman–Crippen MR) is 78.4 cm³/mol. The molecular formula is C15H16FN3O2. The summed E-state index contributed by atoms with van der Waals surface area (Å²) >= 11 is 0. The Hall–Kier alpha value is -2.63. The van der Waals surface area contributed by atoms with Gasteiger partial charge in [-0.05, 0) is 30.7 Å². The number of pyridine rings is 1. The molecule has 1 aromatic carbocycles. The van der Waals surface area contributed by atoms with Gasteiger partial charge in [0.25, 0.3) is 0 Å². The smallest absolute Gasteiger partial charge is 0.340 e. The molecule has 0 spiro atoms. The van der Waals surface area contributed by atoms with Gasteiger partial charge >= 0.3 is 5.97 Å². The highest BCUT2D eigenvalue weighted by Crippen LogP contribution is 2.21. The summed E-state index contributed by atoms with van der Waals surface area (Å²) in [7, 11) is 1.28. The van der Waals surface area contributed by atoms with Gasteiger partial charge in [0.1, 0.15) is 11.6 Å². The number of anilines is 2. The molecule has 110 valence electrons. The number of esters is 1. The van der Waals surface area contributed by atoms with E-state index >= 15 is 0 Å². The second-order valence-electron chi connectivity index (χ2n) is 4.57. The highest BCUT2D eigenvalue weighted by atomic mass is 19.1. The van der Waals surface area contributed by atoms with Gasteiger partial charge < -0.3 is 15.8 Å². The molecule has 0 bridgehead atoms. The molecule has 2 rings (SSSR count). The van der Waals surface area contributed by atoms with E-state index in [0.29, 0.717) is 5.82 Å². The Morgan fingerprint density at radius 1 is 1.43 bits per heavy atom. The molecule has 0 aliphatic heterocycles. The standard InChI is InChI=1S/C15H16FN3O2/c1-9(10-4-3-5-11(16)6-10)19-14-7-12(15(20)21-2)13(17)8-18-14/h3-9H,17H2,1-2H3,(H,18,19). The Morgan fingerprint density at radius 3 is 2.86 bits per heavy atom. The van der Waals surface area contributed by atoms with Crippen LogP contribution in [-0.4, -0.2) is 18.1 Å². The second-order valence-corrected chi connectivity index (χ2v) is 4.57. The Labute approximate surface area is 121 Å². The lowest BCUT2D eigenvalue weighted by Gasteiger charge is -2.16. The van der Waals surface area contributed by atoms with Crippen molar-refractivity contribution in [1.29, 1.82) is 0 Å². The fourth-order valence-corrected chi connectivity index (χ4v) is 1.91. The van der Waals surface area contributed by atoms with Gasteiger partial charge in [0.05, 0.1) is 30.6 Å². The molecule has 1 atom stereocenters. The van der Waals surface area contributed by atoms with Gasteiger partial charge in [-0.25, -0.2) is 14.2 Å². The fourth-order valence-electron chi connectivity index (χ4n) is 1.91. The minimum absolute atomic E-state index is 0.178. The number of methoxy groups -OCH3 is 1. The number of hydrogen-bond acceptors (Lipinski definition) is 5. The minimum Gasteiger partial charge on any atom is -0.465 e. The zero-order valence-corrected chi connectivity index (χ0v) is 11.8. The van der Waals surface area contributed by atoms with Crippen LogP contribution < -0.4 is 11.1 Å². The summed E-state index contributed by atoms with van der Waals surface area (Å²) in [5.74, 6) is -0.376. The van der Waals surface area contributed by atoms with E-state index in [-0.39, 0.29) is 23.1 Å². The van der Waals surface area contributed by atoms with Gasteiger partial charge in [0, 0.05) is 0 Å². The largest absolute Gasteiger partial charge is 0.465 e. The van der Waals surface area contributed by atoms with Crippen LogP contribution in [0.4, 0.5) is 15.9 Å². The number of carbonyl (C=O) groups is 1. The molecule has 1 unspecified atom stereocenters. The number of nitrogen functional groups attached to an aromatic ring is 1. The van der Waals surface area contributed by atoms with Crippen LogP contribution in [0.2, 0.25) is 0 Å². The number of rotatable bonds is 4. The van der Waals surface area contributed by atoms with E-state index in [1.165, 1.54) is 31.5 Å². The number of aromatic nitrogens is 1. The lowest BCUT2D eigenvalue weighted by Crippen LogP contribution is -2.11. The number of nitrogens with two attached hydrogens (primary N) is 1. The summed E-state index contributed by atoms with van der Waals surface area (Å²) in [4.78, 5) is 15.7. The molecule has 0 saturated carbocycles. The number of ether oxygens (including phenoxy) is 1.